The second-order valence-corrected chi connectivity index (χ2v) is 14.1. The predicted molar refractivity (Wildman–Crippen MR) is 169 cm³/mol. The first-order valence-corrected chi connectivity index (χ1v) is 16.3. The summed E-state index contributed by atoms with van der Waals surface area (Å²) in [5, 5.41) is 0.644. The van der Waals surface area contributed by atoms with Gasteiger partial charge in [0.1, 0.15) is 17.5 Å². The molecule has 0 bridgehead atoms. The molecule has 240 valence electrons. The molecule has 3 aromatic rings. The molecule has 2 saturated heterocycles. The lowest BCUT2D eigenvalue weighted by Gasteiger charge is -2.46. The highest BCUT2D eigenvalue weighted by molar-refractivity contribution is 6.30. The average Bonchev–Trinajstić information content (AvgIpc) is 3.33. The van der Waals surface area contributed by atoms with Crippen molar-refractivity contribution in [1.82, 2.24) is 29.2 Å². The summed E-state index contributed by atoms with van der Waals surface area (Å²) in [4.78, 5) is 42.7. The monoisotopic (exact) mass is 636 g/mol. The summed E-state index contributed by atoms with van der Waals surface area (Å²) in [6.07, 6.45) is 7.90. The van der Waals surface area contributed by atoms with Gasteiger partial charge >= 0.3 is 6.09 Å². The lowest BCUT2D eigenvalue weighted by Crippen LogP contribution is -2.63. The van der Waals surface area contributed by atoms with Crippen molar-refractivity contribution in [2.75, 3.05) is 32.7 Å². The Balaban J connectivity index is 1.32. The molecular formula is C34H42ClFN6O3. The summed E-state index contributed by atoms with van der Waals surface area (Å²) in [6, 6.07) is 6.37. The summed E-state index contributed by atoms with van der Waals surface area (Å²) in [7, 11) is 0. The first-order chi connectivity index (χ1) is 21.4. The Labute approximate surface area is 269 Å². The fourth-order valence-electron chi connectivity index (χ4n) is 7.07. The molecule has 2 fully saturated rings. The average molecular weight is 637 g/mol. The van der Waals surface area contributed by atoms with Gasteiger partial charge in [-0.3, -0.25) is 19.6 Å². The molecule has 3 atom stereocenters. The number of carbonyl (C=O) groups excluding carboxylic acids is 2. The molecule has 11 heteroatoms. The highest BCUT2D eigenvalue weighted by Gasteiger charge is 2.43. The number of imidazole rings is 1. The van der Waals surface area contributed by atoms with Gasteiger partial charge in [-0.15, -0.1) is 0 Å². The molecule has 0 saturated carbocycles. The topological polar surface area (TPSA) is 83.8 Å². The van der Waals surface area contributed by atoms with Gasteiger partial charge in [-0.05, 0) is 94.2 Å². The van der Waals surface area contributed by atoms with Crippen LogP contribution in [0.3, 0.4) is 0 Å². The predicted octanol–water partition coefficient (Wildman–Crippen LogP) is 5.43. The van der Waals surface area contributed by atoms with Crippen LogP contribution in [-0.2, 0) is 28.9 Å². The van der Waals surface area contributed by atoms with E-state index in [0.717, 1.165) is 47.5 Å². The number of amides is 2. The molecule has 3 aliphatic rings. The van der Waals surface area contributed by atoms with E-state index in [-0.39, 0.29) is 23.7 Å². The van der Waals surface area contributed by atoms with Gasteiger partial charge in [-0.25, -0.2) is 14.2 Å². The standard InChI is InChI=1S/C34H42ClFN6O3/c1-22-17-39(21-38-22)18-23-6-5-11-41(19-23)32(43)29-20-40(12-13-42(29)33(44)45-34(2,3)4)31-28-10-9-26(35)14-24(28)7-8-25-15-27(36)16-37-30(25)31/h9-10,14-17,21,23,29,31H,5-8,11-13,18-20H2,1-4H3/t23-,29-,31?/m1/s1. The zero-order chi connectivity index (χ0) is 31.9. The van der Waals surface area contributed by atoms with Crippen molar-refractivity contribution in [2.45, 2.75) is 77.6 Å². The molecule has 9 nitrogen and oxygen atoms in total. The van der Waals surface area contributed by atoms with Gasteiger partial charge < -0.3 is 14.2 Å². The number of hydrogen-bond donors (Lipinski definition) is 0. The molecule has 0 radical (unpaired) electrons. The van der Waals surface area contributed by atoms with Crippen molar-refractivity contribution >= 4 is 23.6 Å². The lowest BCUT2D eigenvalue weighted by atomic mass is 9.94. The van der Waals surface area contributed by atoms with E-state index in [1.54, 1.807) is 11.0 Å². The first kappa shape index (κ1) is 31.5. The second kappa shape index (κ2) is 12.7. The molecular weight excluding hydrogens is 595 g/mol. The summed E-state index contributed by atoms with van der Waals surface area (Å²) in [6.45, 7) is 10.6. The highest BCUT2D eigenvalue weighted by atomic mass is 35.5. The quantitative estimate of drug-likeness (QED) is 0.380. The minimum atomic E-state index is -0.745. The van der Waals surface area contributed by atoms with E-state index in [1.165, 1.54) is 6.20 Å². The number of hydrogen-bond acceptors (Lipinski definition) is 6. The number of aryl methyl sites for hydroxylation is 3. The molecule has 1 aromatic carbocycles. The van der Waals surface area contributed by atoms with Crippen LogP contribution < -0.4 is 0 Å². The summed E-state index contributed by atoms with van der Waals surface area (Å²) in [5.74, 6) is -0.158. The number of halogens is 2. The van der Waals surface area contributed by atoms with Crippen LogP contribution in [0.15, 0.2) is 43.0 Å². The first-order valence-electron chi connectivity index (χ1n) is 15.9. The molecule has 45 heavy (non-hydrogen) atoms. The maximum atomic E-state index is 14.5. The number of benzene rings is 1. The van der Waals surface area contributed by atoms with Crippen LogP contribution in [0.5, 0.6) is 0 Å². The molecule has 2 amide bonds. The van der Waals surface area contributed by atoms with Crippen LogP contribution in [0.2, 0.25) is 5.02 Å². The summed E-state index contributed by atoms with van der Waals surface area (Å²) < 4.78 is 22.3. The van der Waals surface area contributed by atoms with E-state index in [1.807, 2.05) is 63.3 Å². The van der Waals surface area contributed by atoms with Crippen molar-refractivity contribution in [3.05, 3.63) is 81.9 Å². The zero-order valence-corrected chi connectivity index (χ0v) is 27.3. The Morgan fingerprint density at radius 3 is 2.62 bits per heavy atom. The number of pyridine rings is 1. The Bertz CT molecular complexity index is 1520. The molecule has 1 unspecified atom stereocenters. The number of rotatable bonds is 4. The molecule has 6 rings (SSSR count). The number of piperazine rings is 1. The molecule has 2 aliphatic heterocycles. The molecule has 0 N–H and O–H groups in total. The smallest absolute Gasteiger partial charge is 0.411 e. The van der Waals surface area contributed by atoms with Gasteiger partial charge in [0.05, 0.1) is 30.0 Å². The van der Waals surface area contributed by atoms with Crippen LogP contribution in [-0.4, -0.2) is 85.6 Å². The third-order valence-corrected chi connectivity index (χ3v) is 9.28. The van der Waals surface area contributed by atoms with Crippen LogP contribution >= 0.6 is 11.6 Å². The van der Waals surface area contributed by atoms with E-state index in [0.29, 0.717) is 50.6 Å². The Kier molecular flexibility index (Phi) is 8.89. The summed E-state index contributed by atoms with van der Waals surface area (Å²) in [5.41, 5.74) is 4.02. The SMILES string of the molecule is Cc1cn(C[C@H]2CCCN(C(=O)[C@H]3CN(C4c5ccc(Cl)cc5CCc5cc(F)cnc54)CCN3C(=O)OC(C)(C)C)C2)cn1. The van der Waals surface area contributed by atoms with Crippen molar-refractivity contribution in [1.29, 1.82) is 0 Å². The maximum Gasteiger partial charge on any atom is 0.411 e. The maximum absolute atomic E-state index is 14.5. The van der Waals surface area contributed by atoms with E-state index in [4.69, 9.17) is 16.3 Å². The molecule has 2 aromatic heterocycles. The number of carbonyl (C=O) groups is 2. The van der Waals surface area contributed by atoms with Crippen LogP contribution in [0.4, 0.5) is 9.18 Å². The molecule has 0 spiro atoms. The van der Waals surface area contributed by atoms with Gasteiger partial charge in [-0.1, -0.05) is 17.7 Å². The van der Waals surface area contributed by atoms with Crippen LogP contribution in [0, 0.1) is 18.7 Å². The third kappa shape index (κ3) is 7.02. The minimum absolute atomic E-state index is 0.0747. The minimum Gasteiger partial charge on any atom is -0.444 e. The van der Waals surface area contributed by atoms with Crippen LogP contribution in [0.25, 0.3) is 0 Å². The van der Waals surface area contributed by atoms with Gasteiger partial charge in [-0.2, -0.15) is 0 Å². The number of fused-ring (bicyclic) bond motifs is 2. The second-order valence-electron chi connectivity index (χ2n) is 13.6. The van der Waals surface area contributed by atoms with Gasteiger partial charge in [0, 0.05) is 50.5 Å². The van der Waals surface area contributed by atoms with E-state index in [9.17, 15) is 14.0 Å². The number of aromatic nitrogens is 3. The highest BCUT2D eigenvalue weighted by Crippen LogP contribution is 2.38. The van der Waals surface area contributed by atoms with Gasteiger partial charge in [0.25, 0.3) is 0 Å². The van der Waals surface area contributed by atoms with E-state index < -0.39 is 17.7 Å². The Morgan fingerprint density at radius 2 is 1.87 bits per heavy atom. The largest absolute Gasteiger partial charge is 0.444 e. The number of likely N-dealkylation sites (tertiary alicyclic amines) is 1. The number of nitrogens with zero attached hydrogens (tertiary/aromatic N) is 6. The van der Waals surface area contributed by atoms with Crippen molar-refractivity contribution in [3.8, 4) is 0 Å². The normalized spacial score (nSPS) is 22.4. The van der Waals surface area contributed by atoms with E-state index in [2.05, 4.69) is 19.4 Å². The van der Waals surface area contributed by atoms with Crippen molar-refractivity contribution < 1.29 is 18.7 Å². The molecule has 4 heterocycles. The van der Waals surface area contributed by atoms with Crippen molar-refractivity contribution in [3.63, 3.8) is 0 Å². The number of ether oxygens (including phenoxy) is 1. The Morgan fingerprint density at radius 1 is 1.07 bits per heavy atom. The van der Waals surface area contributed by atoms with E-state index >= 15 is 0 Å². The third-order valence-electron chi connectivity index (χ3n) is 9.04. The van der Waals surface area contributed by atoms with Gasteiger partial charge in [0.15, 0.2) is 0 Å². The lowest BCUT2D eigenvalue weighted by molar-refractivity contribution is -0.141. The fourth-order valence-corrected chi connectivity index (χ4v) is 7.26. The van der Waals surface area contributed by atoms with Crippen molar-refractivity contribution in [2.24, 2.45) is 5.92 Å². The number of piperidine rings is 1. The fraction of sp³-hybridized carbons (Fsp3) is 0.529. The Hall–Kier alpha value is -3.50. The van der Waals surface area contributed by atoms with Crippen LogP contribution in [0.1, 0.15) is 67.7 Å². The summed E-state index contributed by atoms with van der Waals surface area (Å²) >= 11 is 6.42. The zero-order valence-electron chi connectivity index (χ0n) is 26.5. The van der Waals surface area contributed by atoms with Gasteiger partial charge in [0.2, 0.25) is 5.91 Å². The molecule has 1 aliphatic carbocycles.